The maximum absolute atomic E-state index is 13.4. The molecule has 1 atom stereocenters. The third kappa shape index (κ3) is 3.45. The Morgan fingerprint density at radius 2 is 2.27 bits per heavy atom. The minimum Gasteiger partial charge on any atom is -0.385 e. The lowest BCUT2D eigenvalue weighted by Gasteiger charge is -2.14. The molecule has 0 aliphatic rings. The normalized spacial score (nSPS) is 12.8. The van der Waals surface area contributed by atoms with Crippen molar-refractivity contribution in [1.82, 2.24) is 0 Å². The molecule has 0 aliphatic heterocycles. The molecule has 1 rings (SSSR count). The molecule has 0 saturated heterocycles. The zero-order valence-electron chi connectivity index (χ0n) is 8.67. The van der Waals surface area contributed by atoms with Gasteiger partial charge < -0.3 is 10.5 Å². The first-order valence-corrected chi connectivity index (χ1v) is 5.23. The van der Waals surface area contributed by atoms with Crippen molar-refractivity contribution in [3.63, 3.8) is 0 Å². The van der Waals surface area contributed by atoms with Crippen LogP contribution in [0.2, 0.25) is 5.02 Å². The Labute approximate surface area is 94.2 Å². The van der Waals surface area contributed by atoms with Gasteiger partial charge in [-0.1, -0.05) is 17.7 Å². The molecule has 1 aromatic rings. The number of benzene rings is 1. The van der Waals surface area contributed by atoms with Crippen molar-refractivity contribution in [2.45, 2.75) is 18.9 Å². The summed E-state index contributed by atoms with van der Waals surface area (Å²) in [6.07, 6.45) is 1.46. The van der Waals surface area contributed by atoms with Crippen LogP contribution in [0, 0.1) is 5.82 Å². The summed E-state index contributed by atoms with van der Waals surface area (Å²) in [5.41, 5.74) is 6.26. The van der Waals surface area contributed by atoms with E-state index in [2.05, 4.69) is 0 Å². The van der Waals surface area contributed by atoms with E-state index in [1.165, 1.54) is 6.07 Å². The highest BCUT2D eigenvalue weighted by Crippen LogP contribution is 2.26. The molecule has 1 aromatic carbocycles. The maximum Gasteiger partial charge on any atom is 0.129 e. The zero-order valence-corrected chi connectivity index (χ0v) is 9.43. The summed E-state index contributed by atoms with van der Waals surface area (Å²) in [5.74, 6) is -0.340. The van der Waals surface area contributed by atoms with Gasteiger partial charge in [-0.15, -0.1) is 0 Å². The molecule has 0 fully saturated rings. The second kappa shape index (κ2) is 6.05. The molecular weight excluding hydrogens is 217 g/mol. The van der Waals surface area contributed by atoms with Crippen molar-refractivity contribution in [3.05, 3.63) is 34.6 Å². The molecule has 0 aliphatic carbocycles. The van der Waals surface area contributed by atoms with Crippen molar-refractivity contribution in [2.24, 2.45) is 5.73 Å². The molecule has 84 valence electrons. The Morgan fingerprint density at radius 1 is 1.53 bits per heavy atom. The van der Waals surface area contributed by atoms with E-state index in [0.29, 0.717) is 23.6 Å². The van der Waals surface area contributed by atoms with Gasteiger partial charge in [0.05, 0.1) is 0 Å². The van der Waals surface area contributed by atoms with Crippen molar-refractivity contribution in [2.75, 3.05) is 13.7 Å². The van der Waals surface area contributed by atoms with Gasteiger partial charge in [0, 0.05) is 30.3 Å². The third-order valence-electron chi connectivity index (χ3n) is 2.23. The van der Waals surface area contributed by atoms with Crippen LogP contribution in [0.1, 0.15) is 24.4 Å². The van der Waals surface area contributed by atoms with Gasteiger partial charge in [-0.25, -0.2) is 4.39 Å². The zero-order chi connectivity index (χ0) is 11.3. The van der Waals surface area contributed by atoms with Crippen molar-refractivity contribution >= 4 is 11.6 Å². The highest BCUT2D eigenvalue weighted by Gasteiger charge is 2.14. The first kappa shape index (κ1) is 12.4. The minimum atomic E-state index is -0.367. The predicted molar refractivity (Wildman–Crippen MR) is 59.4 cm³/mol. The fourth-order valence-electron chi connectivity index (χ4n) is 1.46. The van der Waals surface area contributed by atoms with E-state index in [4.69, 9.17) is 22.1 Å². The monoisotopic (exact) mass is 231 g/mol. The van der Waals surface area contributed by atoms with Gasteiger partial charge in [0.1, 0.15) is 5.82 Å². The standard InChI is InChI=1S/C11H15ClFNO/c1-15-7-3-6-10(14)11-8(12)4-2-5-9(11)13/h2,4-5,10H,3,6-7,14H2,1H3. The first-order chi connectivity index (χ1) is 7.16. The van der Waals surface area contributed by atoms with Gasteiger partial charge in [-0.3, -0.25) is 0 Å². The van der Waals surface area contributed by atoms with Crippen LogP contribution in [-0.4, -0.2) is 13.7 Å². The molecule has 0 amide bonds. The van der Waals surface area contributed by atoms with E-state index in [1.807, 2.05) is 0 Å². The van der Waals surface area contributed by atoms with Crippen LogP contribution in [0.3, 0.4) is 0 Å². The van der Waals surface area contributed by atoms with E-state index < -0.39 is 0 Å². The van der Waals surface area contributed by atoms with E-state index in [0.717, 1.165) is 6.42 Å². The number of hydrogen-bond acceptors (Lipinski definition) is 2. The Kier molecular flexibility index (Phi) is 5.02. The van der Waals surface area contributed by atoms with Crippen LogP contribution in [0.15, 0.2) is 18.2 Å². The number of hydrogen-bond donors (Lipinski definition) is 1. The quantitative estimate of drug-likeness (QED) is 0.791. The van der Waals surface area contributed by atoms with Crippen molar-refractivity contribution in [1.29, 1.82) is 0 Å². The molecule has 0 bridgehead atoms. The van der Waals surface area contributed by atoms with Crippen molar-refractivity contribution < 1.29 is 9.13 Å². The lowest BCUT2D eigenvalue weighted by Crippen LogP contribution is -2.13. The fourth-order valence-corrected chi connectivity index (χ4v) is 1.76. The summed E-state index contributed by atoms with van der Waals surface area (Å²) in [6.45, 7) is 0.625. The van der Waals surface area contributed by atoms with Crippen LogP contribution in [0.25, 0.3) is 0 Å². The van der Waals surface area contributed by atoms with Crippen LogP contribution in [0.4, 0.5) is 4.39 Å². The van der Waals surface area contributed by atoms with Gasteiger partial charge in [0.25, 0.3) is 0 Å². The molecule has 1 unspecified atom stereocenters. The molecule has 0 saturated carbocycles. The Hall–Kier alpha value is -0.640. The second-order valence-electron chi connectivity index (χ2n) is 3.38. The maximum atomic E-state index is 13.4. The molecule has 0 radical (unpaired) electrons. The average Bonchev–Trinajstić information content (AvgIpc) is 2.18. The predicted octanol–water partition coefficient (Wildman–Crippen LogP) is 2.91. The molecule has 4 heteroatoms. The number of halogens is 2. The van der Waals surface area contributed by atoms with Crippen LogP contribution < -0.4 is 5.73 Å². The molecule has 0 aromatic heterocycles. The molecule has 2 N–H and O–H groups in total. The minimum absolute atomic E-state index is 0.340. The number of methoxy groups -OCH3 is 1. The first-order valence-electron chi connectivity index (χ1n) is 4.85. The Bertz CT molecular complexity index is 299. The number of rotatable bonds is 5. The highest BCUT2D eigenvalue weighted by molar-refractivity contribution is 6.31. The SMILES string of the molecule is COCCCC(N)c1c(F)cccc1Cl. The topological polar surface area (TPSA) is 35.2 Å². The molecule has 2 nitrogen and oxygen atoms in total. The molecule has 15 heavy (non-hydrogen) atoms. The van der Waals surface area contributed by atoms with E-state index in [1.54, 1.807) is 19.2 Å². The average molecular weight is 232 g/mol. The van der Waals surface area contributed by atoms with Gasteiger partial charge in [-0.2, -0.15) is 0 Å². The number of nitrogens with two attached hydrogens (primary N) is 1. The summed E-state index contributed by atoms with van der Waals surface area (Å²) in [6, 6.07) is 4.23. The summed E-state index contributed by atoms with van der Waals surface area (Å²) in [4.78, 5) is 0. The highest BCUT2D eigenvalue weighted by atomic mass is 35.5. The van der Waals surface area contributed by atoms with E-state index in [9.17, 15) is 4.39 Å². The molecule has 0 heterocycles. The largest absolute Gasteiger partial charge is 0.385 e. The lowest BCUT2D eigenvalue weighted by atomic mass is 10.0. The van der Waals surface area contributed by atoms with Gasteiger partial charge in [0.2, 0.25) is 0 Å². The van der Waals surface area contributed by atoms with Crippen LogP contribution in [0.5, 0.6) is 0 Å². The summed E-state index contributed by atoms with van der Waals surface area (Å²) < 4.78 is 18.3. The summed E-state index contributed by atoms with van der Waals surface area (Å²) in [5, 5.41) is 0.389. The Balaban J connectivity index is 2.68. The van der Waals surface area contributed by atoms with Crippen molar-refractivity contribution in [3.8, 4) is 0 Å². The lowest BCUT2D eigenvalue weighted by molar-refractivity contribution is 0.190. The van der Waals surface area contributed by atoms with Gasteiger partial charge in [-0.05, 0) is 25.0 Å². The van der Waals surface area contributed by atoms with Gasteiger partial charge in [0.15, 0.2) is 0 Å². The molecule has 0 spiro atoms. The third-order valence-corrected chi connectivity index (χ3v) is 2.56. The Morgan fingerprint density at radius 3 is 2.87 bits per heavy atom. The fraction of sp³-hybridized carbons (Fsp3) is 0.455. The summed E-state index contributed by atoms with van der Waals surface area (Å²) in [7, 11) is 1.63. The number of ether oxygens (including phenoxy) is 1. The van der Waals surface area contributed by atoms with Crippen LogP contribution in [-0.2, 0) is 4.74 Å². The smallest absolute Gasteiger partial charge is 0.129 e. The van der Waals surface area contributed by atoms with Gasteiger partial charge >= 0.3 is 0 Å². The van der Waals surface area contributed by atoms with E-state index in [-0.39, 0.29) is 11.9 Å². The van der Waals surface area contributed by atoms with Crippen LogP contribution >= 0.6 is 11.6 Å². The van der Waals surface area contributed by atoms with E-state index >= 15 is 0 Å². The molecular formula is C11H15ClFNO. The second-order valence-corrected chi connectivity index (χ2v) is 3.78. The summed E-state index contributed by atoms with van der Waals surface area (Å²) >= 11 is 5.89.